The van der Waals surface area contributed by atoms with E-state index in [-0.39, 0.29) is 17.6 Å². The van der Waals surface area contributed by atoms with Gasteiger partial charge in [-0.15, -0.1) is 0 Å². The summed E-state index contributed by atoms with van der Waals surface area (Å²) in [4.78, 5) is 44.0. The Bertz CT molecular complexity index is 411. The Labute approximate surface area is 118 Å². The Morgan fingerprint density at radius 3 is 1.70 bits per heavy atom. The zero-order chi connectivity index (χ0) is 16.6. The smallest absolute Gasteiger partial charge is 0.373 e. The molecule has 0 atom stereocenters. The molecule has 0 heterocycles. The number of nitrogens with zero attached hydrogens (tertiary/aromatic N) is 1. The summed E-state index contributed by atoms with van der Waals surface area (Å²) in [5.41, 5.74) is -1.59. The van der Waals surface area contributed by atoms with Crippen LogP contribution in [-0.4, -0.2) is 34.8 Å². The van der Waals surface area contributed by atoms with E-state index in [0.717, 1.165) is 0 Å². The summed E-state index contributed by atoms with van der Waals surface area (Å²) in [6.45, 7) is 11.3. The van der Waals surface area contributed by atoms with Gasteiger partial charge in [0.05, 0.1) is 0 Å². The first-order chi connectivity index (χ1) is 8.87. The number of carbonyl (C=O) groups is 2. The molecule has 114 valence electrons. The minimum atomic E-state index is -1.22. The van der Waals surface area contributed by atoms with Gasteiger partial charge in [-0.25, -0.2) is 4.79 Å². The van der Waals surface area contributed by atoms with Gasteiger partial charge in [-0.1, -0.05) is 5.16 Å². The van der Waals surface area contributed by atoms with Crippen LogP contribution in [0.2, 0.25) is 0 Å². The highest BCUT2D eigenvalue weighted by Crippen LogP contribution is 2.17. The molecule has 0 unspecified atom stereocenters. The molecule has 0 saturated heterocycles. The molecule has 20 heavy (non-hydrogen) atoms. The van der Waals surface area contributed by atoms with Crippen LogP contribution in [0.5, 0.6) is 0 Å². The van der Waals surface area contributed by atoms with Crippen LogP contribution in [0, 0.1) is 0 Å². The largest absolute Gasteiger partial charge is 0.457 e. The van der Waals surface area contributed by atoms with Crippen molar-refractivity contribution in [1.29, 1.82) is 0 Å². The summed E-state index contributed by atoms with van der Waals surface area (Å²) >= 11 is 0. The predicted octanol–water partition coefficient (Wildman–Crippen LogP) is 1.50. The van der Waals surface area contributed by atoms with Crippen LogP contribution in [0.3, 0.4) is 0 Å². The molecular formula is C13H21NO6. The summed E-state index contributed by atoms with van der Waals surface area (Å²) in [7, 11) is 0. The molecule has 0 fully saturated rings. The van der Waals surface area contributed by atoms with E-state index in [1.807, 2.05) is 0 Å². The highest BCUT2D eigenvalue weighted by Gasteiger charge is 2.35. The van der Waals surface area contributed by atoms with Crippen LogP contribution >= 0.6 is 0 Å². The Balaban J connectivity index is 0. The van der Waals surface area contributed by atoms with E-state index in [2.05, 4.69) is 5.16 Å². The van der Waals surface area contributed by atoms with Crippen LogP contribution in [-0.2, 0) is 28.8 Å². The lowest BCUT2D eigenvalue weighted by Gasteiger charge is -2.26. The lowest BCUT2D eigenvalue weighted by molar-refractivity contribution is -0.191. The Morgan fingerprint density at radius 2 is 1.40 bits per heavy atom. The van der Waals surface area contributed by atoms with Gasteiger partial charge in [0.25, 0.3) is 0 Å². The molecule has 0 amide bonds. The molecule has 0 aliphatic carbocycles. The van der Waals surface area contributed by atoms with Crippen molar-refractivity contribution in [2.45, 2.75) is 59.7 Å². The van der Waals surface area contributed by atoms with Crippen molar-refractivity contribution in [2.75, 3.05) is 0 Å². The van der Waals surface area contributed by atoms with Crippen LogP contribution in [0.25, 0.3) is 0 Å². The molecule has 0 radical (unpaired) electrons. The fraction of sp³-hybridized carbons (Fsp3) is 0.692. The number of ketones is 1. The van der Waals surface area contributed by atoms with Gasteiger partial charge in [0.15, 0.2) is 5.78 Å². The normalized spacial score (nSPS) is 11.7. The molecule has 0 aromatic rings. The lowest BCUT2D eigenvalue weighted by atomic mass is 10.1. The van der Waals surface area contributed by atoms with Gasteiger partial charge >= 0.3 is 12.1 Å². The second-order valence-electron chi connectivity index (χ2n) is 5.42. The molecule has 0 rings (SSSR count). The van der Waals surface area contributed by atoms with E-state index >= 15 is 0 Å². The van der Waals surface area contributed by atoms with Gasteiger partial charge in [-0.3, -0.25) is 4.79 Å². The number of oxime groups is 1. The molecule has 0 aromatic heterocycles. The molecule has 0 aliphatic rings. The molecule has 0 bridgehead atoms. The monoisotopic (exact) mass is 287 g/mol. The number of ether oxygens (including phenoxy) is 1. The van der Waals surface area contributed by atoms with E-state index < -0.39 is 17.2 Å². The van der Waals surface area contributed by atoms with Crippen molar-refractivity contribution in [2.24, 2.45) is 5.16 Å². The van der Waals surface area contributed by atoms with Crippen molar-refractivity contribution in [1.82, 2.24) is 0 Å². The van der Waals surface area contributed by atoms with E-state index in [9.17, 15) is 9.59 Å². The van der Waals surface area contributed by atoms with E-state index in [4.69, 9.17) is 19.2 Å². The third-order valence-corrected chi connectivity index (χ3v) is 1.81. The van der Waals surface area contributed by atoms with Crippen molar-refractivity contribution in [3.8, 4) is 0 Å². The maximum Gasteiger partial charge on any atom is 0.373 e. The number of rotatable bonds is 4. The fourth-order valence-corrected chi connectivity index (χ4v) is 0.685. The van der Waals surface area contributed by atoms with Gasteiger partial charge in [-0.05, 0) is 41.5 Å². The summed E-state index contributed by atoms with van der Waals surface area (Å²) in [5, 5.41) is 3.61. The minimum Gasteiger partial charge on any atom is -0.457 e. The number of hydrogen-bond donors (Lipinski definition) is 0. The highest BCUT2D eigenvalue weighted by atomic mass is 16.7. The number of hydrogen-bond acceptors (Lipinski definition) is 7. The molecule has 0 N–H and O–H groups in total. The number of Topliss-reactive ketones (excluding diaryl/α,β-unsaturated/α-hetero) is 1. The zero-order valence-corrected chi connectivity index (χ0v) is 12.9. The van der Waals surface area contributed by atoms with Crippen LogP contribution in [0.1, 0.15) is 48.5 Å². The van der Waals surface area contributed by atoms with Gasteiger partial charge in [0.2, 0.25) is 5.60 Å². The second kappa shape index (κ2) is 8.22. The third-order valence-electron chi connectivity index (χ3n) is 1.81. The average Bonchev–Trinajstić information content (AvgIpc) is 2.24. The maximum absolute atomic E-state index is 11.8. The standard InChI is InChI=1S/C12H21NO4.CO2/c1-8(9(2)14)13-17-12(6,7)10(15)16-11(3,4)5;2-1-3/h1-7H3;/b13-8+;. The Hall–Kier alpha value is -2.01. The molecule has 0 saturated carbocycles. The van der Waals surface area contributed by atoms with Gasteiger partial charge in [-0.2, -0.15) is 9.59 Å². The Morgan fingerprint density at radius 1 is 1.00 bits per heavy atom. The van der Waals surface area contributed by atoms with E-state index in [1.165, 1.54) is 27.7 Å². The molecule has 0 aliphatic heterocycles. The molecule has 0 aromatic carbocycles. The number of esters is 1. The highest BCUT2D eigenvalue weighted by molar-refractivity contribution is 6.37. The van der Waals surface area contributed by atoms with Crippen LogP contribution in [0.4, 0.5) is 0 Å². The first kappa shape index (κ1) is 20.3. The van der Waals surface area contributed by atoms with Gasteiger partial charge in [0, 0.05) is 6.92 Å². The minimum absolute atomic E-state index is 0.204. The molecule has 7 heteroatoms. The second-order valence-corrected chi connectivity index (χ2v) is 5.42. The fourth-order valence-electron chi connectivity index (χ4n) is 0.685. The first-order valence-corrected chi connectivity index (χ1v) is 5.84. The number of carbonyl (C=O) groups excluding carboxylic acids is 4. The van der Waals surface area contributed by atoms with Crippen molar-refractivity contribution in [3.63, 3.8) is 0 Å². The third kappa shape index (κ3) is 9.96. The summed E-state index contributed by atoms with van der Waals surface area (Å²) in [6, 6.07) is 0. The molecule has 0 spiro atoms. The van der Waals surface area contributed by atoms with E-state index in [1.54, 1.807) is 20.8 Å². The van der Waals surface area contributed by atoms with Crippen molar-refractivity contribution in [3.05, 3.63) is 0 Å². The van der Waals surface area contributed by atoms with Crippen LogP contribution < -0.4 is 0 Å². The van der Waals surface area contributed by atoms with Crippen molar-refractivity contribution >= 4 is 23.6 Å². The topological polar surface area (TPSA) is 99.1 Å². The summed E-state index contributed by atoms with van der Waals surface area (Å²) in [6.07, 6.45) is 0.250. The zero-order valence-electron chi connectivity index (χ0n) is 12.9. The summed E-state index contributed by atoms with van der Waals surface area (Å²) < 4.78 is 5.18. The van der Waals surface area contributed by atoms with Gasteiger partial charge in [0.1, 0.15) is 11.3 Å². The molecule has 7 nitrogen and oxygen atoms in total. The lowest BCUT2D eigenvalue weighted by Crippen LogP contribution is -2.40. The first-order valence-electron chi connectivity index (χ1n) is 5.84. The van der Waals surface area contributed by atoms with Gasteiger partial charge < -0.3 is 9.57 Å². The van der Waals surface area contributed by atoms with Crippen LogP contribution in [0.15, 0.2) is 5.16 Å². The average molecular weight is 287 g/mol. The SMILES string of the molecule is CC(=O)/C(C)=N/OC(C)(C)C(=O)OC(C)(C)C.O=C=O. The molecular weight excluding hydrogens is 266 g/mol. The Kier molecular flexibility index (Phi) is 8.35. The quantitative estimate of drug-likeness (QED) is 0.441. The predicted molar refractivity (Wildman–Crippen MR) is 69.8 cm³/mol. The van der Waals surface area contributed by atoms with Crippen molar-refractivity contribution < 1.29 is 28.8 Å². The maximum atomic E-state index is 11.8. The summed E-state index contributed by atoms with van der Waals surface area (Å²) in [5.74, 6) is -0.727. The van der Waals surface area contributed by atoms with E-state index in [0.29, 0.717) is 0 Å².